The molecule has 0 aliphatic heterocycles. The number of rotatable bonds is 5. The molecular weight excluding hydrogens is 385 g/mol. The van der Waals surface area contributed by atoms with Gasteiger partial charge in [-0.25, -0.2) is 0 Å². The topological polar surface area (TPSA) is 69.0 Å². The lowest BCUT2D eigenvalue weighted by Crippen LogP contribution is -2.36. The van der Waals surface area contributed by atoms with Gasteiger partial charge >= 0.3 is 6.18 Å². The van der Waals surface area contributed by atoms with E-state index in [9.17, 15) is 18.0 Å². The zero-order chi connectivity index (χ0) is 21.3. The quantitative estimate of drug-likeness (QED) is 0.702. The summed E-state index contributed by atoms with van der Waals surface area (Å²) in [5.41, 5.74) is 1.37. The first-order valence-electron chi connectivity index (χ1n) is 8.97. The predicted octanol–water partition coefficient (Wildman–Crippen LogP) is 3.69. The first-order valence-corrected chi connectivity index (χ1v) is 8.97. The molecule has 9 heteroatoms. The van der Waals surface area contributed by atoms with Gasteiger partial charge < -0.3 is 10.1 Å². The Labute approximate surface area is 165 Å². The molecule has 1 aromatic carbocycles. The van der Waals surface area contributed by atoms with E-state index in [2.05, 4.69) is 15.4 Å². The van der Waals surface area contributed by atoms with Crippen LogP contribution in [0, 0.1) is 13.8 Å². The van der Waals surface area contributed by atoms with Crippen molar-refractivity contribution in [1.82, 2.24) is 20.1 Å². The molecule has 0 unspecified atom stereocenters. The van der Waals surface area contributed by atoms with Gasteiger partial charge in [0.15, 0.2) is 11.8 Å². The molecule has 0 saturated carbocycles. The van der Waals surface area contributed by atoms with Crippen molar-refractivity contribution in [1.29, 1.82) is 0 Å². The zero-order valence-corrected chi connectivity index (χ0v) is 16.5. The summed E-state index contributed by atoms with van der Waals surface area (Å²) in [6.07, 6.45) is -5.63. The number of halogens is 3. The zero-order valence-electron chi connectivity index (χ0n) is 16.5. The van der Waals surface area contributed by atoms with E-state index in [1.54, 1.807) is 0 Å². The number of ether oxygens (including phenoxy) is 1. The maximum absolute atomic E-state index is 13.5. The van der Waals surface area contributed by atoms with Gasteiger partial charge in [-0.3, -0.25) is 9.48 Å². The number of carbonyl (C=O) groups is 1. The lowest BCUT2D eigenvalue weighted by atomic mass is 10.1. The molecule has 154 valence electrons. The number of hydrogen-bond acceptors (Lipinski definition) is 4. The van der Waals surface area contributed by atoms with E-state index >= 15 is 0 Å². The predicted molar refractivity (Wildman–Crippen MR) is 101 cm³/mol. The maximum atomic E-state index is 13.5. The molecule has 2 heterocycles. The first-order chi connectivity index (χ1) is 13.6. The molecular formula is C20H21F3N4O2. The van der Waals surface area contributed by atoms with E-state index in [0.29, 0.717) is 0 Å². The number of nitrogens with zero attached hydrogens (tertiary/aromatic N) is 3. The Morgan fingerprint density at radius 3 is 2.52 bits per heavy atom. The molecule has 1 amide bonds. The Bertz CT molecular complexity index is 1040. The molecule has 0 radical (unpaired) electrons. The van der Waals surface area contributed by atoms with Gasteiger partial charge in [-0.1, -0.05) is 29.8 Å². The Balaban J connectivity index is 1.79. The summed E-state index contributed by atoms with van der Waals surface area (Å²) in [5, 5.41) is 6.63. The average molecular weight is 406 g/mol. The van der Waals surface area contributed by atoms with Gasteiger partial charge in [0.2, 0.25) is 5.88 Å². The fourth-order valence-electron chi connectivity index (χ4n) is 2.98. The standard InChI is InChI=1S/C20H21F3N4O2/c1-11-5-7-14(8-6-11)10-24-19(28)13(3)29-16-9-15(20(21,22)23)17-12(2)26-27(4)18(17)25-16/h5-9,13H,10H2,1-4H3,(H,24,28)/t13-/m0/s1. The lowest BCUT2D eigenvalue weighted by molar-refractivity contribution is -0.136. The van der Waals surface area contributed by atoms with E-state index in [1.165, 1.54) is 25.6 Å². The minimum absolute atomic E-state index is 0.0413. The van der Waals surface area contributed by atoms with Gasteiger partial charge in [0.1, 0.15) is 0 Å². The Hall–Kier alpha value is -3.10. The van der Waals surface area contributed by atoms with Gasteiger partial charge in [0.25, 0.3) is 5.91 Å². The van der Waals surface area contributed by atoms with E-state index < -0.39 is 23.8 Å². The first kappa shape index (κ1) is 20.6. The molecule has 3 rings (SSSR count). The number of amides is 1. The molecule has 0 fully saturated rings. The summed E-state index contributed by atoms with van der Waals surface area (Å²) in [6.45, 7) is 5.19. The number of fused-ring (bicyclic) bond motifs is 1. The van der Waals surface area contributed by atoms with Crippen molar-refractivity contribution in [2.24, 2.45) is 7.05 Å². The summed E-state index contributed by atoms with van der Waals surface area (Å²) in [5.74, 6) is -0.743. The van der Waals surface area contributed by atoms with Crippen LogP contribution >= 0.6 is 0 Å². The van der Waals surface area contributed by atoms with Crippen LogP contribution in [0.25, 0.3) is 11.0 Å². The molecule has 0 saturated heterocycles. The van der Waals surface area contributed by atoms with Crippen molar-refractivity contribution in [3.05, 3.63) is 52.7 Å². The van der Waals surface area contributed by atoms with E-state index in [-0.39, 0.29) is 29.2 Å². The second-order valence-corrected chi connectivity index (χ2v) is 6.88. The minimum atomic E-state index is -4.61. The van der Waals surface area contributed by atoms with Gasteiger partial charge in [-0.2, -0.15) is 23.3 Å². The third kappa shape index (κ3) is 4.49. The highest BCUT2D eigenvalue weighted by molar-refractivity contribution is 5.84. The Kier molecular flexibility index (Phi) is 5.50. The Morgan fingerprint density at radius 1 is 1.24 bits per heavy atom. The SMILES string of the molecule is Cc1ccc(CNC(=O)[C@H](C)Oc2cc(C(F)(F)F)c3c(C)nn(C)c3n2)cc1. The molecule has 3 aromatic rings. The van der Waals surface area contributed by atoms with Crippen LogP contribution in [0.4, 0.5) is 13.2 Å². The Morgan fingerprint density at radius 2 is 1.90 bits per heavy atom. The van der Waals surface area contributed by atoms with E-state index in [1.807, 2.05) is 31.2 Å². The number of alkyl halides is 3. The van der Waals surface area contributed by atoms with E-state index in [4.69, 9.17) is 4.74 Å². The average Bonchev–Trinajstić information content (AvgIpc) is 2.93. The summed E-state index contributed by atoms with van der Waals surface area (Å²) in [4.78, 5) is 16.4. The van der Waals surface area contributed by atoms with Gasteiger partial charge in [0.05, 0.1) is 16.6 Å². The fraction of sp³-hybridized carbons (Fsp3) is 0.350. The van der Waals surface area contributed by atoms with Gasteiger partial charge in [-0.15, -0.1) is 0 Å². The number of aryl methyl sites for hydroxylation is 3. The highest BCUT2D eigenvalue weighted by Crippen LogP contribution is 2.37. The minimum Gasteiger partial charge on any atom is -0.464 e. The van der Waals surface area contributed by atoms with Crippen molar-refractivity contribution >= 4 is 16.9 Å². The maximum Gasteiger partial charge on any atom is 0.417 e. The molecule has 1 N–H and O–H groups in total. The molecule has 0 spiro atoms. The van der Waals surface area contributed by atoms with Crippen molar-refractivity contribution in [3.63, 3.8) is 0 Å². The monoisotopic (exact) mass is 406 g/mol. The van der Waals surface area contributed by atoms with Crippen LogP contribution in [-0.4, -0.2) is 26.8 Å². The van der Waals surface area contributed by atoms with Crippen molar-refractivity contribution < 1.29 is 22.7 Å². The smallest absolute Gasteiger partial charge is 0.417 e. The molecule has 1 atom stereocenters. The number of pyridine rings is 1. The third-order valence-electron chi connectivity index (χ3n) is 4.50. The molecule has 0 aliphatic carbocycles. The van der Waals surface area contributed by atoms with Crippen LogP contribution < -0.4 is 10.1 Å². The van der Waals surface area contributed by atoms with E-state index in [0.717, 1.165) is 17.2 Å². The second kappa shape index (κ2) is 7.73. The van der Waals surface area contributed by atoms with Crippen molar-refractivity contribution in [3.8, 4) is 5.88 Å². The summed E-state index contributed by atoms with van der Waals surface area (Å²) in [6, 6.07) is 8.43. The van der Waals surface area contributed by atoms with Gasteiger partial charge in [-0.05, 0) is 26.3 Å². The molecule has 6 nitrogen and oxygen atoms in total. The number of benzene rings is 1. The largest absolute Gasteiger partial charge is 0.464 e. The second-order valence-electron chi connectivity index (χ2n) is 6.88. The number of hydrogen-bond donors (Lipinski definition) is 1. The molecule has 29 heavy (non-hydrogen) atoms. The normalized spacial score (nSPS) is 12.8. The van der Waals surface area contributed by atoms with Gasteiger partial charge in [0, 0.05) is 19.7 Å². The van der Waals surface area contributed by atoms with Crippen LogP contribution in [0.2, 0.25) is 0 Å². The molecule has 0 aliphatic rings. The summed E-state index contributed by atoms with van der Waals surface area (Å²) in [7, 11) is 1.50. The van der Waals surface area contributed by atoms with Crippen molar-refractivity contribution in [2.75, 3.05) is 0 Å². The lowest BCUT2D eigenvalue weighted by Gasteiger charge is -2.16. The number of carbonyl (C=O) groups excluding carboxylic acids is 1. The third-order valence-corrected chi connectivity index (χ3v) is 4.50. The number of aromatic nitrogens is 3. The van der Waals surface area contributed by atoms with Crippen LogP contribution in [0.1, 0.15) is 29.3 Å². The van der Waals surface area contributed by atoms with Crippen LogP contribution in [0.15, 0.2) is 30.3 Å². The molecule has 0 bridgehead atoms. The van der Waals surface area contributed by atoms with Crippen molar-refractivity contribution in [2.45, 2.75) is 39.6 Å². The highest BCUT2D eigenvalue weighted by Gasteiger charge is 2.36. The van der Waals surface area contributed by atoms with Crippen LogP contribution in [-0.2, 0) is 24.6 Å². The van der Waals surface area contributed by atoms with Crippen LogP contribution in [0.5, 0.6) is 5.88 Å². The fourth-order valence-corrected chi connectivity index (χ4v) is 2.98. The summed E-state index contributed by atoms with van der Waals surface area (Å²) >= 11 is 0. The number of nitrogens with one attached hydrogen (secondary N) is 1. The highest BCUT2D eigenvalue weighted by atomic mass is 19.4. The summed E-state index contributed by atoms with van der Waals surface area (Å²) < 4.78 is 47.2. The molecule has 2 aromatic heterocycles. The van der Waals surface area contributed by atoms with Crippen LogP contribution in [0.3, 0.4) is 0 Å².